The molecule has 6 N–H and O–H groups in total. The molecular formula is C34H43N5O5. The second-order valence-electron chi connectivity index (χ2n) is 11.8. The molecule has 3 aromatic rings. The molecule has 234 valence electrons. The molecule has 3 aromatic carbocycles. The van der Waals surface area contributed by atoms with Crippen molar-refractivity contribution in [3.63, 3.8) is 0 Å². The number of aryl methyl sites for hydroxylation is 1. The number of benzene rings is 3. The highest BCUT2D eigenvalue weighted by atomic mass is 16.3. The molecule has 1 heterocycles. The van der Waals surface area contributed by atoms with Crippen molar-refractivity contribution in [3.8, 4) is 11.1 Å². The lowest BCUT2D eigenvalue weighted by atomic mass is 9.98. The van der Waals surface area contributed by atoms with E-state index in [-0.39, 0.29) is 37.4 Å². The maximum Gasteiger partial charge on any atom is 0.314 e. The van der Waals surface area contributed by atoms with E-state index in [9.17, 15) is 19.5 Å². The van der Waals surface area contributed by atoms with E-state index >= 15 is 0 Å². The van der Waals surface area contributed by atoms with Crippen LogP contribution in [0.2, 0.25) is 0 Å². The van der Waals surface area contributed by atoms with E-state index in [1.165, 1.54) is 0 Å². The minimum absolute atomic E-state index is 0.101. The zero-order valence-electron chi connectivity index (χ0n) is 25.6. The first kappa shape index (κ1) is 32.7. The fourth-order valence-electron chi connectivity index (χ4n) is 5.37. The van der Waals surface area contributed by atoms with E-state index in [0.717, 1.165) is 33.5 Å². The molecule has 1 aliphatic heterocycles. The largest absolute Gasteiger partial charge is 0.394 e. The molecule has 10 nitrogen and oxygen atoms in total. The fraction of sp³-hybridized carbons (Fsp3) is 0.382. The summed E-state index contributed by atoms with van der Waals surface area (Å²) in [5, 5.41) is 30.2. The van der Waals surface area contributed by atoms with Gasteiger partial charge in [0.15, 0.2) is 0 Å². The molecule has 0 unspecified atom stereocenters. The summed E-state index contributed by atoms with van der Waals surface area (Å²) in [5.41, 5.74) is 5.18. The number of para-hydroxylation sites is 1. The maximum atomic E-state index is 13.9. The second kappa shape index (κ2) is 15.0. The molecule has 10 heteroatoms. The summed E-state index contributed by atoms with van der Waals surface area (Å²) in [6.45, 7) is 4.20. The Morgan fingerprint density at radius 2 is 1.73 bits per heavy atom. The Labute approximate surface area is 258 Å². The van der Waals surface area contributed by atoms with Crippen LogP contribution in [0.4, 0.5) is 10.5 Å². The van der Waals surface area contributed by atoms with Crippen molar-refractivity contribution in [1.82, 2.24) is 21.3 Å². The van der Waals surface area contributed by atoms with Crippen LogP contribution in [0.5, 0.6) is 0 Å². The Morgan fingerprint density at radius 1 is 1.02 bits per heavy atom. The molecule has 0 bridgehead atoms. The lowest BCUT2D eigenvalue weighted by molar-refractivity contribution is -0.128. The third-order valence-corrected chi connectivity index (χ3v) is 7.80. The van der Waals surface area contributed by atoms with Crippen LogP contribution >= 0.6 is 0 Å². The number of carbonyl (C=O) groups excluding carboxylic acids is 3. The number of hydrogen-bond acceptors (Lipinski definition) is 6. The fourth-order valence-corrected chi connectivity index (χ4v) is 5.37. The summed E-state index contributed by atoms with van der Waals surface area (Å²) in [6.07, 6.45) is 0.314. The summed E-state index contributed by atoms with van der Waals surface area (Å²) in [5.74, 6) is -0.432. The van der Waals surface area contributed by atoms with Crippen LogP contribution in [-0.4, -0.2) is 65.9 Å². The first-order valence-corrected chi connectivity index (χ1v) is 15.0. The van der Waals surface area contributed by atoms with Crippen LogP contribution in [0, 0.1) is 0 Å². The van der Waals surface area contributed by atoms with Crippen molar-refractivity contribution in [1.29, 1.82) is 0 Å². The number of aliphatic hydroxyl groups is 2. The van der Waals surface area contributed by atoms with Gasteiger partial charge in [0, 0.05) is 37.8 Å². The molecule has 0 saturated heterocycles. The molecule has 44 heavy (non-hydrogen) atoms. The lowest BCUT2D eigenvalue weighted by Crippen LogP contribution is -2.51. The number of anilines is 1. The summed E-state index contributed by atoms with van der Waals surface area (Å²) in [4.78, 5) is 40.5. The predicted molar refractivity (Wildman–Crippen MR) is 171 cm³/mol. The molecule has 4 rings (SSSR count). The Bertz CT molecular complexity index is 1440. The van der Waals surface area contributed by atoms with Gasteiger partial charge >= 0.3 is 6.03 Å². The first-order chi connectivity index (χ1) is 21.1. The van der Waals surface area contributed by atoms with E-state index in [4.69, 9.17) is 5.11 Å². The predicted octanol–water partition coefficient (Wildman–Crippen LogP) is 2.86. The molecule has 0 spiro atoms. The van der Waals surface area contributed by atoms with Crippen LogP contribution in [0.25, 0.3) is 11.1 Å². The number of aliphatic hydroxyl groups excluding tert-OH is 2. The SMILES string of the molecule is CNC(=O)NCc1ccccc1-c1ccc(CN2C(=O)[C@H](NC(=O)CC(C)(C)NC[C@H](O)CO)CCc3ccccc32)cc1. The van der Waals surface area contributed by atoms with Gasteiger partial charge in [0.2, 0.25) is 11.8 Å². The molecule has 0 radical (unpaired) electrons. The van der Waals surface area contributed by atoms with Crippen LogP contribution in [0.15, 0.2) is 72.8 Å². The third kappa shape index (κ3) is 8.66. The number of urea groups is 1. The lowest BCUT2D eigenvalue weighted by Gasteiger charge is -2.29. The van der Waals surface area contributed by atoms with Crippen LogP contribution in [-0.2, 0) is 29.1 Å². The number of rotatable bonds is 12. The van der Waals surface area contributed by atoms with Gasteiger partial charge in [-0.15, -0.1) is 0 Å². The first-order valence-electron chi connectivity index (χ1n) is 15.0. The molecule has 1 aliphatic rings. The minimum atomic E-state index is -0.914. The molecule has 0 fully saturated rings. The third-order valence-electron chi connectivity index (χ3n) is 7.80. The normalized spacial score (nSPS) is 15.6. The van der Waals surface area contributed by atoms with Crippen molar-refractivity contribution < 1.29 is 24.6 Å². The van der Waals surface area contributed by atoms with Crippen molar-refractivity contribution in [2.24, 2.45) is 0 Å². The number of β-amino-alcohol motifs (C(OH)–C–C–N with tert-alkyl or cyclic N) is 1. The van der Waals surface area contributed by atoms with Crippen LogP contribution < -0.4 is 26.2 Å². The highest BCUT2D eigenvalue weighted by Gasteiger charge is 2.32. The topological polar surface area (TPSA) is 143 Å². The molecular weight excluding hydrogens is 558 g/mol. The molecule has 0 aromatic heterocycles. The van der Waals surface area contributed by atoms with E-state index in [2.05, 4.69) is 21.3 Å². The Hall–Kier alpha value is -4.25. The van der Waals surface area contributed by atoms with Gasteiger partial charge in [-0.05, 0) is 60.6 Å². The summed E-state index contributed by atoms with van der Waals surface area (Å²) < 4.78 is 0. The minimum Gasteiger partial charge on any atom is -0.394 e. The molecule has 4 amide bonds. The molecule has 2 atom stereocenters. The average molecular weight is 602 g/mol. The Morgan fingerprint density at radius 3 is 2.45 bits per heavy atom. The zero-order chi connectivity index (χ0) is 31.7. The van der Waals surface area contributed by atoms with Crippen molar-refractivity contribution in [2.45, 2.75) is 63.9 Å². The van der Waals surface area contributed by atoms with Crippen LogP contribution in [0.1, 0.15) is 43.4 Å². The van der Waals surface area contributed by atoms with Gasteiger partial charge < -0.3 is 36.4 Å². The van der Waals surface area contributed by atoms with Crippen molar-refractivity contribution in [2.75, 3.05) is 25.1 Å². The van der Waals surface area contributed by atoms with Crippen molar-refractivity contribution in [3.05, 3.63) is 89.5 Å². The number of nitrogens with zero attached hydrogens (tertiary/aromatic N) is 1. The highest BCUT2D eigenvalue weighted by Crippen LogP contribution is 2.30. The van der Waals surface area contributed by atoms with Gasteiger partial charge in [0.05, 0.1) is 19.3 Å². The number of hydrogen-bond donors (Lipinski definition) is 6. The van der Waals surface area contributed by atoms with Gasteiger partial charge in [-0.2, -0.15) is 0 Å². The number of fused-ring (bicyclic) bond motifs is 1. The van der Waals surface area contributed by atoms with E-state index in [1.807, 2.05) is 86.6 Å². The second-order valence-corrected chi connectivity index (χ2v) is 11.8. The molecule has 0 aliphatic carbocycles. The summed E-state index contributed by atoms with van der Waals surface area (Å²) >= 11 is 0. The van der Waals surface area contributed by atoms with Gasteiger partial charge in [-0.3, -0.25) is 9.59 Å². The van der Waals surface area contributed by atoms with Gasteiger partial charge in [0.1, 0.15) is 6.04 Å². The van der Waals surface area contributed by atoms with E-state index < -0.39 is 17.7 Å². The van der Waals surface area contributed by atoms with E-state index in [0.29, 0.717) is 25.9 Å². The monoisotopic (exact) mass is 601 g/mol. The van der Waals surface area contributed by atoms with Gasteiger partial charge in [-0.1, -0.05) is 66.7 Å². The number of carbonyl (C=O) groups is 3. The summed E-state index contributed by atoms with van der Waals surface area (Å²) in [7, 11) is 1.58. The smallest absolute Gasteiger partial charge is 0.314 e. The highest BCUT2D eigenvalue weighted by molar-refractivity contribution is 6.00. The number of nitrogens with one attached hydrogen (secondary N) is 4. The maximum absolute atomic E-state index is 13.9. The summed E-state index contributed by atoms with van der Waals surface area (Å²) in [6, 6.07) is 22.8. The van der Waals surface area contributed by atoms with E-state index in [1.54, 1.807) is 11.9 Å². The number of amides is 4. The average Bonchev–Trinajstić information content (AvgIpc) is 3.15. The van der Waals surface area contributed by atoms with Crippen molar-refractivity contribution >= 4 is 23.5 Å². The zero-order valence-corrected chi connectivity index (χ0v) is 25.6. The van der Waals surface area contributed by atoms with Gasteiger partial charge in [0.25, 0.3) is 0 Å². The Balaban J connectivity index is 1.49. The molecule has 0 saturated carbocycles. The van der Waals surface area contributed by atoms with Crippen LogP contribution in [0.3, 0.4) is 0 Å². The Kier molecular flexibility index (Phi) is 11.1. The van der Waals surface area contributed by atoms with Gasteiger partial charge in [-0.25, -0.2) is 4.79 Å². The quantitative estimate of drug-likeness (QED) is 0.189. The standard InChI is InChI=1S/C34H43N5O5/c1-34(2,37-20-27(41)22-40)18-31(42)38-29-17-16-25-8-5-7-11-30(25)39(32(29)43)21-23-12-14-24(15-13-23)28-10-6-4-9-26(28)19-36-33(44)35-3/h4-15,27,29,37,40-41H,16-22H2,1-3H3,(H,38,42)(H2,35,36,44)/t27-,29+/m0/s1.